The van der Waals surface area contributed by atoms with Gasteiger partial charge in [0.05, 0.1) is 6.61 Å². The van der Waals surface area contributed by atoms with E-state index in [1.165, 1.54) is 21.1 Å². The highest BCUT2D eigenvalue weighted by molar-refractivity contribution is 7.89. The third kappa shape index (κ3) is 3.59. The highest BCUT2D eigenvalue weighted by Gasteiger charge is 2.29. The molecule has 0 radical (unpaired) electrons. The van der Waals surface area contributed by atoms with Crippen molar-refractivity contribution in [2.45, 2.75) is 18.2 Å². The Kier molecular flexibility index (Phi) is 5.29. The van der Waals surface area contributed by atoms with Gasteiger partial charge in [0.25, 0.3) is 0 Å². The Hall–Kier alpha value is -2.38. The summed E-state index contributed by atoms with van der Waals surface area (Å²) in [5.41, 5.74) is 2.49. The molecule has 26 heavy (non-hydrogen) atoms. The van der Waals surface area contributed by atoms with Gasteiger partial charge in [-0.05, 0) is 30.5 Å². The van der Waals surface area contributed by atoms with Crippen molar-refractivity contribution in [2.75, 3.05) is 19.7 Å². The maximum absolute atomic E-state index is 12.9. The number of carbonyl (C=O) groups excluding carboxylic acids is 1. The number of esters is 1. The normalized spacial score (nSPS) is 15.5. The summed E-state index contributed by atoms with van der Waals surface area (Å²) in [5, 5.41) is 0. The van der Waals surface area contributed by atoms with E-state index in [9.17, 15) is 13.2 Å². The minimum absolute atomic E-state index is 0.111. The lowest BCUT2D eigenvalue weighted by Gasteiger charge is -2.25. The van der Waals surface area contributed by atoms with Crippen molar-refractivity contribution < 1.29 is 17.9 Å². The molecule has 0 atom stereocenters. The Labute approximate surface area is 153 Å². The molecule has 0 fully saturated rings. The lowest BCUT2D eigenvalue weighted by Crippen LogP contribution is -2.34. The second-order valence-corrected chi connectivity index (χ2v) is 8.04. The lowest BCUT2D eigenvalue weighted by molar-refractivity contribution is 0.0515. The average Bonchev–Trinajstić information content (AvgIpc) is 3.05. The smallest absolute Gasteiger partial charge is 0.354 e. The SMILES string of the molecule is CCOC(=O)c1cc(S(=O)(=O)N2CC=C(c3ccccc3)CC2)cn1C. The Morgan fingerprint density at radius 3 is 2.58 bits per heavy atom. The molecule has 1 aromatic carbocycles. The molecular formula is C19H22N2O4S. The quantitative estimate of drug-likeness (QED) is 0.755. The molecule has 1 aliphatic heterocycles. The van der Waals surface area contributed by atoms with E-state index >= 15 is 0 Å². The summed E-state index contributed by atoms with van der Waals surface area (Å²) >= 11 is 0. The summed E-state index contributed by atoms with van der Waals surface area (Å²) < 4.78 is 33.7. The molecular weight excluding hydrogens is 352 g/mol. The number of ether oxygens (including phenoxy) is 1. The molecule has 1 aromatic heterocycles. The van der Waals surface area contributed by atoms with Gasteiger partial charge in [-0.3, -0.25) is 0 Å². The second-order valence-electron chi connectivity index (χ2n) is 6.10. The van der Waals surface area contributed by atoms with E-state index in [-0.39, 0.29) is 17.2 Å². The maximum Gasteiger partial charge on any atom is 0.354 e. The van der Waals surface area contributed by atoms with Gasteiger partial charge in [0, 0.05) is 26.3 Å². The molecule has 0 saturated carbocycles. The zero-order valence-corrected chi connectivity index (χ0v) is 15.7. The first kappa shape index (κ1) is 18.4. The third-order valence-electron chi connectivity index (χ3n) is 4.42. The van der Waals surface area contributed by atoms with Crippen molar-refractivity contribution >= 4 is 21.6 Å². The average molecular weight is 374 g/mol. The molecule has 7 heteroatoms. The van der Waals surface area contributed by atoms with Crippen LogP contribution in [0, 0.1) is 0 Å². The monoisotopic (exact) mass is 374 g/mol. The van der Waals surface area contributed by atoms with Crippen LogP contribution in [0.25, 0.3) is 5.57 Å². The third-order valence-corrected chi connectivity index (χ3v) is 6.25. The number of nitrogens with zero attached hydrogens (tertiary/aromatic N) is 2. The Bertz CT molecular complexity index is 930. The molecule has 0 aliphatic carbocycles. The first-order valence-corrected chi connectivity index (χ1v) is 9.95. The largest absolute Gasteiger partial charge is 0.461 e. The Balaban J connectivity index is 1.81. The van der Waals surface area contributed by atoms with Crippen LogP contribution >= 0.6 is 0 Å². The number of hydrogen-bond acceptors (Lipinski definition) is 4. The summed E-state index contributed by atoms with van der Waals surface area (Å²) in [6, 6.07) is 11.3. The number of sulfonamides is 1. The number of benzene rings is 1. The van der Waals surface area contributed by atoms with Gasteiger partial charge < -0.3 is 9.30 Å². The topological polar surface area (TPSA) is 68.6 Å². The molecule has 6 nitrogen and oxygen atoms in total. The van der Waals surface area contributed by atoms with Crippen molar-refractivity contribution in [3.63, 3.8) is 0 Å². The van der Waals surface area contributed by atoms with E-state index < -0.39 is 16.0 Å². The molecule has 0 unspecified atom stereocenters. The Morgan fingerprint density at radius 1 is 1.23 bits per heavy atom. The van der Waals surface area contributed by atoms with Crippen LogP contribution in [0.1, 0.15) is 29.4 Å². The van der Waals surface area contributed by atoms with E-state index in [2.05, 4.69) is 0 Å². The summed E-state index contributed by atoms with van der Waals surface area (Å²) in [7, 11) is -2.02. The van der Waals surface area contributed by atoms with Crippen molar-refractivity contribution in [1.82, 2.24) is 8.87 Å². The van der Waals surface area contributed by atoms with Crippen LogP contribution in [0.5, 0.6) is 0 Å². The van der Waals surface area contributed by atoms with Gasteiger partial charge in [0.1, 0.15) is 10.6 Å². The van der Waals surface area contributed by atoms with Crippen LogP contribution in [-0.4, -0.2) is 43.0 Å². The predicted octanol–water partition coefficient (Wildman–Crippen LogP) is 2.68. The van der Waals surface area contributed by atoms with Gasteiger partial charge in [-0.15, -0.1) is 0 Å². The van der Waals surface area contributed by atoms with Crippen LogP contribution in [0.4, 0.5) is 0 Å². The molecule has 2 aromatic rings. The lowest BCUT2D eigenvalue weighted by atomic mass is 10.0. The van der Waals surface area contributed by atoms with Crippen LogP contribution in [-0.2, 0) is 21.8 Å². The van der Waals surface area contributed by atoms with Crippen LogP contribution < -0.4 is 0 Å². The van der Waals surface area contributed by atoms with E-state index in [1.807, 2.05) is 36.4 Å². The van der Waals surface area contributed by atoms with Crippen LogP contribution in [0.15, 0.2) is 53.6 Å². The van der Waals surface area contributed by atoms with Gasteiger partial charge >= 0.3 is 5.97 Å². The van der Waals surface area contributed by atoms with Gasteiger partial charge in [0.15, 0.2) is 0 Å². The molecule has 0 bridgehead atoms. The maximum atomic E-state index is 12.9. The van der Waals surface area contributed by atoms with Crippen LogP contribution in [0.3, 0.4) is 0 Å². The zero-order valence-electron chi connectivity index (χ0n) is 14.9. The van der Waals surface area contributed by atoms with Crippen molar-refractivity contribution in [3.05, 3.63) is 59.9 Å². The molecule has 0 N–H and O–H groups in total. The molecule has 3 rings (SSSR count). The highest BCUT2D eigenvalue weighted by atomic mass is 32.2. The summed E-state index contributed by atoms with van der Waals surface area (Å²) in [4.78, 5) is 12.0. The van der Waals surface area contributed by atoms with E-state index in [1.54, 1.807) is 14.0 Å². The Morgan fingerprint density at radius 2 is 1.96 bits per heavy atom. The minimum Gasteiger partial charge on any atom is -0.461 e. The van der Waals surface area contributed by atoms with Gasteiger partial charge in [-0.1, -0.05) is 36.4 Å². The van der Waals surface area contributed by atoms with E-state index in [0.29, 0.717) is 19.5 Å². The number of aryl methyl sites for hydroxylation is 1. The predicted molar refractivity (Wildman–Crippen MR) is 99.2 cm³/mol. The molecule has 2 heterocycles. The number of rotatable bonds is 5. The number of carbonyl (C=O) groups is 1. The molecule has 0 saturated heterocycles. The summed E-state index contributed by atoms with van der Waals surface area (Å²) in [6.45, 7) is 2.68. The minimum atomic E-state index is -3.66. The first-order valence-electron chi connectivity index (χ1n) is 8.51. The van der Waals surface area contributed by atoms with Crippen LogP contribution in [0.2, 0.25) is 0 Å². The second kappa shape index (κ2) is 7.47. The molecule has 1 aliphatic rings. The van der Waals surface area contributed by atoms with Gasteiger partial charge in [-0.25, -0.2) is 13.2 Å². The fourth-order valence-corrected chi connectivity index (χ4v) is 4.47. The molecule has 0 amide bonds. The summed E-state index contributed by atoms with van der Waals surface area (Å²) in [5.74, 6) is -0.527. The van der Waals surface area contributed by atoms with E-state index in [4.69, 9.17) is 4.74 Å². The zero-order chi connectivity index (χ0) is 18.7. The van der Waals surface area contributed by atoms with E-state index in [0.717, 1.165) is 11.1 Å². The first-order chi connectivity index (χ1) is 12.4. The van der Waals surface area contributed by atoms with Gasteiger partial charge in [-0.2, -0.15) is 4.31 Å². The van der Waals surface area contributed by atoms with Crippen molar-refractivity contribution in [3.8, 4) is 0 Å². The van der Waals surface area contributed by atoms with Crippen molar-refractivity contribution in [2.24, 2.45) is 7.05 Å². The number of hydrogen-bond donors (Lipinski definition) is 0. The molecule has 0 spiro atoms. The number of aromatic nitrogens is 1. The van der Waals surface area contributed by atoms with Gasteiger partial charge in [0.2, 0.25) is 10.0 Å². The summed E-state index contributed by atoms with van der Waals surface area (Å²) in [6.07, 6.45) is 4.06. The molecule has 138 valence electrons. The fourth-order valence-electron chi connectivity index (χ4n) is 3.02. The highest BCUT2D eigenvalue weighted by Crippen LogP contribution is 2.26. The fraction of sp³-hybridized carbons (Fsp3) is 0.316. The standard InChI is InChI=1S/C19H22N2O4S/c1-3-25-19(22)18-13-17(14-20(18)2)26(23,24)21-11-9-16(10-12-21)15-7-5-4-6-8-15/h4-9,13-14H,3,10-12H2,1-2H3. The van der Waals surface area contributed by atoms with Crippen molar-refractivity contribution in [1.29, 1.82) is 0 Å².